The van der Waals surface area contributed by atoms with Gasteiger partial charge >= 0.3 is 0 Å². The molecule has 2 nitrogen and oxygen atoms in total. The van der Waals surface area contributed by atoms with Gasteiger partial charge in [-0.2, -0.15) is 0 Å². The summed E-state index contributed by atoms with van der Waals surface area (Å²) in [5.41, 5.74) is 1.46. The van der Waals surface area contributed by atoms with Crippen molar-refractivity contribution < 1.29 is 4.57 Å². The predicted molar refractivity (Wildman–Crippen MR) is 83.5 cm³/mol. The number of aromatic amines is 1. The van der Waals surface area contributed by atoms with E-state index in [1.165, 1.54) is 37.7 Å². The fraction of sp³-hybridized carbons (Fsp3) is 0.500. The van der Waals surface area contributed by atoms with Gasteiger partial charge in [-0.05, 0) is 25.3 Å². The van der Waals surface area contributed by atoms with Crippen molar-refractivity contribution in [2.75, 3.05) is 0 Å². The molecule has 2 atom stereocenters. The molecule has 0 aliphatic heterocycles. The third-order valence-corrected chi connectivity index (χ3v) is 4.24. The quantitative estimate of drug-likeness (QED) is 0.545. The molecular weight excluding hydrogens is 244 g/mol. The van der Waals surface area contributed by atoms with Gasteiger partial charge in [-0.3, -0.25) is 4.98 Å². The highest BCUT2D eigenvalue weighted by molar-refractivity contribution is 5.15. The van der Waals surface area contributed by atoms with E-state index in [-0.39, 0.29) is 0 Å². The molecule has 1 aromatic heterocycles. The van der Waals surface area contributed by atoms with E-state index in [0.29, 0.717) is 12.0 Å². The topological polar surface area (TPSA) is 19.7 Å². The SMILES string of the molecule is CCCCCC(Cc1ccccc1)C(C)[n+]1cc[nH]c1. The van der Waals surface area contributed by atoms with Gasteiger partial charge in [-0.15, -0.1) is 0 Å². The first-order valence-corrected chi connectivity index (χ1v) is 7.88. The van der Waals surface area contributed by atoms with Crippen LogP contribution in [0.3, 0.4) is 0 Å². The number of unbranched alkanes of at least 4 members (excludes halogenated alkanes) is 2. The summed E-state index contributed by atoms with van der Waals surface area (Å²) in [4.78, 5) is 3.16. The van der Waals surface area contributed by atoms with E-state index in [1.807, 2.05) is 6.20 Å². The molecule has 1 heterocycles. The molecule has 2 rings (SSSR count). The zero-order valence-corrected chi connectivity index (χ0v) is 12.8. The molecule has 0 radical (unpaired) electrons. The summed E-state index contributed by atoms with van der Waals surface area (Å²) < 4.78 is 2.31. The van der Waals surface area contributed by atoms with E-state index in [0.717, 1.165) is 0 Å². The molecule has 0 aliphatic carbocycles. The summed E-state index contributed by atoms with van der Waals surface area (Å²) in [6.45, 7) is 4.62. The largest absolute Gasteiger partial charge is 0.250 e. The highest BCUT2D eigenvalue weighted by atomic mass is 15.0. The second kappa shape index (κ2) is 7.88. The lowest BCUT2D eigenvalue weighted by Crippen LogP contribution is -2.40. The van der Waals surface area contributed by atoms with Gasteiger partial charge in [0.1, 0.15) is 18.4 Å². The highest BCUT2D eigenvalue weighted by Gasteiger charge is 2.22. The molecule has 20 heavy (non-hydrogen) atoms. The van der Waals surface area contributed by atoms with Crippen LogP contribution in [0.4, 0.5) is 0 Å². The van der Waals surface area contributed by atoms with Crippen molar-refractivity contribution in [3.05, 3.63) is 54.6 Å². The summed E-state index contributed by atoms with van der Waals surface area (Å²) in [5.74, 6) is 0.699. The fourth-order valence-electron chi connectivity index (χ4n) is 2.89. The van der Waals surface area contributed by atoms with Crippen LogP contribution in [0, 0.1) is 5.92 Å². The number of rotatable bonds is 8. The second-order valence-electron chi connectivity index (χ2n) is 5.74. The first kappa shape index (κ1) is 14.8. The number of hydrogen-bond acceptors (Lipinski definition) is 0. The molecule has 0 amide bonds. The third kappa shape index (κ3) is 4.22. The van der Waals surface area contributed by atoms with Crippen LogP contribution in [0.2, 0.25) is 0 Å². The van der Waals surface area contributed by atoms with Crippen LogP contribution in [0.15, 0.2) is 49.1 Å². The maximum atomic E-state index is 3.16. The van der Waals surface area contributed by atoms with Crippen LogP contribution < -0.4 is 4.57 Å². The van der Waals surface area contributed by atoms with E-state index in [2.05, 4.69) is 66.3 Å². The smallest absolute Gasteiger partial charge is 0.241 e. The fourth-order valence-corrected chi connectivity index (χ4v) is 2.89. The standard InChI is InChI=1S/C18H26N2/c1-3-4-6-11-18(14-17-9-7-5-8-10-17)16(2)20-13-12-19-15-20/h5,7-10,12-13,15-16,18H,3-4,6,11,14H2,1-2H3/p+1. The molecule has 108 valence electrons. The summed E-state index contributed by atoms with van der Waals surface area (Å²) in [5, 5.41) is 0. The third-order valence-electron chi connectivity index (χ3n) is 4.24. The lowest BCUT2D eigenvalue weighted by Gasteiger charge is -2.22. The molecule has 1 aromatic carbocycles. The molecule has 2 aromatic rings. The van der Waals surface area contributed by atoms with E-state index in [9.17, 15) is 0 Å². The first-order chi connectivity index (χ1) is 9.81. The van der Waals surface area contributed by atoms with E-state index < -0.39 is 0 Å². The zero-order chi connectivity index (χ0) is 14.2. The second-order valence-corrected chi connectivity index (χ2v) is 5.74. The van der Waals surface area contributed by atoms with Gasteiger partial charge in [-0.1, -0.05) is 56.5 Å². The Balaban J connectivity index is 2.03. The van der Waals surface area contributed by atoms with Gasteiger partial charge in [0.05, 0.1) is 0 Å². The monoisotopic (exact) mass is 271 g/mol. The van der Waals surface area contributed by atoms with Crippen molar-refractivity contribution in [2.24, 2.45) is 5.92 Å². The van der Waals surface area contributed by atoms with Crippen molar-refractivity contribution in [1.82, 2.24) is 4.98 Å². The Morgan fingerprint density at radius 1 is 1.15 bits per heavy atom. The molecular formula is C18H27N2+. The first-order valence-electron chi connectivity index (χ1n) is 7.88. The molecule has 0 fully saturated rings. The van der Waals surface area contributed by atoms with Crippen LogP contribution in [-0.4, -0.2) is 4.98 Å². The van der Waals surface area contributed by atoms with Crippen molar-refractivity contribution in [2.45, 2.75) is 52.0 Å². The number of nitrogens with one attached hydrogen (secondary N) is 1. The Morgan fingerprint density at radius 3 is 2.60 bits per heavy atom. The molecule has 2 unspecified atom stereocenters. The van der Waals surface area contributed by atoms with Crippen LogP contribution in [0.25, 0.3) is 0 Å². The van der Waals surface area contributed by atoms with Gasteiger partial charge in [0, 0.05) is 5.92 Å². The van der Waals surface area contributed by atoms with E-state index >= 15 is 0 Å². The van der Waals surface area contributed by atoms with Crippen molar-refractivity contribution in [1.29, 1.82) is 0 Å². The van der Waals surface area contributed by atoms with Gasteiger partial charge < -0.3 is 0 Å². The number of hydrogen-bond donors (Lipinski definition) is 1. The molecule has 1 N–H and O–H groups in total. The Bertz CT molecular complexity index is 461. The molecule has 0 saturated carbocycles. The average molecular weight is 271 g/mol. The van der Waals surface area contributed by atoms with Gasteiger partial charge in [-0.25, -0.2) is 4.57 Å². The summed E-state index contributed by atoms with van der Waals surface area (Å²) in [7, 11) is 0. The Labute approximate surface area is 122 Å². The van der Waals surface area contributed by atoms with Crippen molar-refractivity contribution in [3.63, 3.8) is 0 Å². The number of aromatic nitrogens is 2. The average Bonchev–Trinajstić information content (AvgIpc) is 3.01. The van der Waals surface area contributed by atoms with Crippen LogP contribution >= 0.6 is 0 Å². The minimum atomic E-state index is 0.540. The van der Waals surface area contributed by atoms with Gasteiger partial charge in [0.25, 0.3) is 0 Å². The number of nitrogens with zero attached hydrogens (tertiary/aromatic N) is 1. The van der Waals surface area contributed by atoms with Gasteiger partial charge in [0.2, 0.25) is 6.33 Å². The molecule has 0 aliphatic rings. The number of H-pyrrole nitrogens is 1. The predicted octanol–water partition coefficient (Wildman–Crippen LogP) is 4.30. The summed E-state index contributed by atoms with van der Waals surface area (Å²) >= 11 is 0. The van der Waals surface area contributed by atoms with E-state index in [4.69, 9.17) is 0 Å². The molecule has 0 spiro atoms. The van der Waals surface area contributed by atoms with Gasteiger partial charge in [0.15, 0.2) is 0 Å². The van der Waals surface area contributed by atoms with Crippen LogP contribution in [0.1, 0.15) is 51.1 Å². The zero-order valence-electron chi connectivity index (χ0n) is 12.8. The summed E-state index contributed by atoms with van der Waals surface area (Å²) in [6, 6.07) is 11.4. The minimum Gasteiger partial charge on any atom is -0.250 e. The van der Waals surface area contributed by atoms with Crippen LogP contribution in [-0.2, 0) is 6.42 Å². The Hall–Kier alpha value is -1.57. The van der Waals surface area contributed by atoms with Crippen molar-refractivity contribution in [3.8, 4) is 0 Å². The maximum absolute atomic E-state index is 3.16. The van der Waals surface area contributed by atoms with Crippen molar-refractivity contribution >= 4 is 0 Å². The lowest BCUT2D eigenvalue weighted by molar-refractivity contribution is -0.725. The van der Waals surface area contributed by atoms with E-state index in [1.54, 1.807) is 0 Å². The van der Waals surface area contributed by atoms with Crippen LogP contribution in [0.5, 0.6) is 0 Å². The summed E-state index contributed by atoms with van der Waals surface area (Å²) in [6.07, 6.45) is 12.7. The Kier molecular flexibility index (Phi) is 5.85. The lowest BCUT2D eigenvalue weighted by atomic mass is 9.88. The molecule has 2 heteroatoms. The normalized spacial score (nSPS) is 14.1. The number of imidazole rings is 1. The minimum absolute atomic E-state index is 0.540. The highest BCUT2D eigenvalue weighted by Crippen LogP contribution is 2.23. The molecule has 0 saturated heterocycles. The Morgan fingerprint density at radius 2 is 1.95 bits per heavy atom. The molecule has 0 bridgehead atoms. The maximum Gasteiger partial charge on any atom is 0.241 e. The number of benzene rings is 1.